The molecule has 0 aliphatic heterocycles. The number of benzene rings is 2. The average Bonchev–Trinajstić information content (AvgIpc) is 2.72. The maximum Gasteiger partial charge on any atom is 0.178 e. The second kappa shape index (κ2) is 5.20. The Balaban J connectivity index is 2.13. The fourth-order valence-electron chi connectivity index (χ4n) is 2.15. The van der Waals surface area contributed by atoms with Crippen LogP contribution in [0.5, 0.6) is 0 Å². The molecule has 0 aliphatic carbocycles. The monoisotopic (exact) mass is 326 g/mol. The van der Waals surface area contributed by atoms with Crippen molar-refractivity contribution < 1.29 is 4.39 Å². The van der Waals surface area contributed by atoms with Crippen LogP contribution in [0.3, 0.4) is 0 Å². The van der Waals surface area contributed by atoms with E-state index in [2.05, 4.69) is 4.98 Å². The summed E-state index contributed by atoms with van der Waals surface area (Å²) >= 11 is 17.3. The van der Waals surface area contributed by atoms with Crippen molar-refractivity contribution in [1.29, 1.82) is 0 Å². The number of nitrogens with zero attached hydrogens (tertiary/aromatic N) is 1. The highest BCUT2D eigenvalue weighted by Gasteiger charge is 2.09. The van der Waals surface area contributed by atoms with Crippen LogP contribution in [0.4, 0.5) is 4.39 Å². The molecule has 0 saturated carbocycles. The molecule has 3 rings (SSSR count). The minimum absolute atomic E-state index is 0.0972. The predicted octanol–water partition coefficient (Wildman–Crippen LogP) is 5.19. The van der Waals surface area contributed by atoms with Crippen LogP contribution in [-0.2, 0) is 6.54 Å². The Kier molecular flexibility index (Phi) is 3.54. The van der Waals surface area contributed by atoms with Gasteiger partial charge in [-0.1, -0.05) is 35.3 Å². The number of H-pyrrole nitrogens is 1. The van der Waals surface area contributed by atoms with Gasteiger partial charge in [-0.3, -0.25) is 0 Å². The number of para-hydroxylation sites is 1. The quantitative estimate of drug-likeness (QED) is 0.642. The molecule has 6 heteroatoms. The molecule has 0 spiro atoms. The SMILES string of the molecule is Fc1ccc(Cn2c(=S)[nH]c3cccc(Cl)c32)cc1Cl. The van der Waals surface area contributed by atoms with E-state index in [0.717, 1.165) is 16.6 Å². The predicted molar refractivity (Wildman–Crippen MR) is 82.6 cm³/mol. The lowest BCUT2D eigenvalue weighted by Crippen LogP contribution is -2.00. The number of hydrogen-bond donors (Lipinski definition) is 1. The van der Waals surface area contributed by atoms with Crippen LogP contribution in [0, 0.1) is 10.6 Å². The number of hydrogen-bond acceptors (Lipinski definition) is 1. The number of aromatic nitrogens is 2. The maximum absolute atomic E-state index is 13.2. The van der Waals surface area contributed by atoms with Gasteiger partial charge in [-0.15, -0.1) is 0 Å². The van der Waals surface area contributed by atoms with E-state index in [-0.39, 0.29) is 5.02 Å². The Morgan fingerprint density at radius 3 is 2.70 bits per heavy atom. The highest BCUT2D eigenvalue weighted by Crippen LogP contribution is 2.25. The van der Waals surface area contributed by atoms with Crippen molar-refractivity contribution in [2.75, 3.05) is 0 Å². The van der Waals surface area contributed by atoms with Gasteiger partial charge in [-0.25, -0.2) is 4.39 Å². The number of aromatic amines is 1. The van der Waals surface area contributed by atoms with Gasteiger partial charge in [0.15, 0.2) is 4.77 Å². The molecule has 2 nitrogen and oxygen atoms in total. The minimum Gasteiger partial charge on any atom is -0.331 e. The van der Waals surface area contributed by atoms with Crippen LogP contribution in [0.2, 0.25) is 10.0 Å². The molecule has 0 amide bonds. The summed E-state index contributed by atoms with van der Waals surface area (Å²) in [4.78, 5) is 3.10. The molecule has 1 N–H and O–H groups in total. The van der Waals surface area contributed by atoms with Crippen LogP contribution >= 0.6 is 35.4 Å². The zero-order valence-electron chi connectivity index (χ0n) is 10.2. The zero-order valence-corrected chi connectivity index (χ0v) is 12.5. The topological polar surface area (TPSA) is 20.7 Å². The number of halogens is 3. The van der Waals surface area contributed by atoms with E-state index in [0.29, 0.717) is 16.3 Å². The maximum atomic E-state index is 13.2. The lowest BCUT2D eigenvalue weighted by Gasteiger charge is -2.07. The summed E-state index contributed by atoms with van der Waals surface area (Å²) in [5.74, 6) is -0.434. The first-order chi connectivity index (χ1) is 9.56. The second-order valence-electron chi connectivity index (χ2n) is 4.40. The highest BCUT2D eigenvalue weighted by molar-refractivity contribution is 7.71. The van der Waals surface area contributed by atoms with E-state index in [9.17, 15) is 4.39 Å². The molecule has 3 aromatic rings. The molecule has 0 saturated heterocycles. The summed E-state index contributed by atoms with van der Waals surface area (Å²) < 4.78 is 15.6. The van der Waals surface area contributed by atoms with Crippen molar-refractivity contribution >= 4 is 46.5 Å². The number of imidazole rings is 1. The third-order valence-electron chi connectivity index (χ3n) is 3.07. The highest BCUT2D eigenvalue weighted by atomic mass is 35.5. The van der Waals surface area contributed by atoms with E-state index < -0.39 is 5.82 Å². The molecule has 1 aromatic heterocycles. The second-order valence-corrected chi connectivity index (χ2v) is 5.60. The molecule has 0 aliphatic rings. The average molecular weight is 327 g/mol. The van der Waals surface area contributed by atoms with E-state index in [4.69, 9.17) is 35.4 Å². The lowest BCUT2D eigenvalue weighted by atomic mass is 10.2. The fourth-order valence-corrected chi connectivity index (χ4v) is 2.89. The first-order valence-corrected chi connectivity index (χ1v) is 7.03. The third-order valence-corrected chi connectivity index (χ3v) is 3.99. The summed E-state index contributed by atoms with van der Waals surface area (Å²) in [5, 5.41) is 0.711. The number of rotatable bonds is 2. The Morgan fingerprint density at radius 1 is 1.15 bits per heavy atom. The van der Waals surface area contributed by atoms with E-state index in [1.54, 1.807) is 18.2 Å². The first-order valence-electron chi connectivity index (χ1n) is 5.87. The molecule has 0 bridgehead atoms. The molecule has 1 heterocycles. The van der Waals surface area contributed by atoms with Gasteiger partial charge in [-0.05, 0) is 42.0 Å². The van der Waals surface area contributed by atoms with Gasteiger partial charge in [-0.2, -0.15) is 0 Å². The van der Waals surface area contributed by atoms with Gasteiger partial charge in [0.2, 0.25) is 0 Å². The van der Waals surface area contributed by atoms with Crippen molar-refractivity contribution in [1.82, 2.24) is 9.55 Å². The smallest absolute Gasteiger partial charge is 0.178 e. The van der Waals surface area contributed by atoms with E-state index in [1.165, 1.54) is 6.07 Å². The van der Waals surface area contributed by atoms with Crippen molar-refractivity contribution in [3.8, 4) is 0 Å². The zero-order chi connectivity index (χ0) is 14.3. The van der Waals surface area contributed by atoms with Crippen LogP contribution in [0.15, 0.2) is 36.4 Å². The molecule has 0 unspecified atom stereocenters. The van der Waals surface area contributed by atoms with Gasteiger partial charge in [0.05, 0.1) is 27.6 Å². The fraction of sp³-hybridized carbons (Fsp3) is 0.0714. The Bertz CT molecular complexity index is 854. The van der Waals surface area contributed by atoms with Crippen molar-refractivity contribution in [2.45, 2.75) is 6.54 Å². The van der Waals surface area contributed by atoms with Crippen LogP contribution in [0.1, 0.15) is 5.56 Å². The van der Waals surface area contributed by atoms with Gasteiger partial charge in [0.25, 0.3) is 0 Å². The summed E-state index contributed by atoms with van der Waals surface area (Å²) in [6, 6.07) is 10.2. The normalized spacial score (nSPS) is 11.2. The third kappa shape index (κ3) is 2.35. The first kappa shape index (κ1) is 13.6. The molecule has 0 atom stereocenters. The molecule has 102 valence electrons. The summed E-state index contributed by atoms with van der Waals surface area (Å²) in [6.07, 6.45) is 0. The van der Waals surface area contributed by atoms with Gasteiger partial charge in [0.1, 0.15) is 5.82 Å². The van der Waals surface area contributed by atoms with Gasteiger partial charge < -0.3 is 9.55 Å². The molecular formula is C14H9Cl2FN2S. The Morgan fingerprint density at radius 2 is 1.95 bits per heavy atom. The lowest BCUT2D eigenvalue weighted by molar-refractivity contribution is 0.627. The Hall–Kier alpha value is -1.36. The summed E-state index contributed by atoms with van der Waals surface area (Å²) in [6.45, 7) is 0.475. The minimum atomic E-state index is -0.434. The number of nitrogens with one attached hydrogen (secondary N) is 1. The molecular weight excluding hydrogens is 318 g/mol. The van der Waals surface area contributed by atoms with Crippen molar-refractivity contribution in [3.63, 3.8) is 0 Å². The Labute approximate surface area is 129 Å². The molecule has 2 aromatic carbocycles. The van der Waals surface area contributed by atoms with Crippen molar-refractivity contribution in [2.24, 2.45) is 0 Å². The van der Waals surface area contributed by atoms with Crippen LogP contribution in [-0.4, -0.2) is 9.55 Å². The van der Waals surface area contributed by atoms with Crippen LogP contribution < -0.4 is 0 Å². The van der Waals surface area contributed by atoms with E-state index >= 15 is 0 Å². The molecule has 0 radical (unpaired) electrons. The van der Waals surface area contributed by atoms with Crippen LogP contribution in [0.25, 0.3) is 11.0 Å². The number of fused-ring (bicyclic) bond motifs is 1. The van der Waals surface area contributed by atoms with E-state index in [1.807, 2.05) is 16.7 Å². The largest absolute Gasteiger partial charge is 0.331 e. The van der Waals surface area contributed by atoms with Crippen molar-refractivity contribution in [3.05, 3.63) is 62.6 Å². The summed E-state index contributed by atoms with van der Waals surface area (Å²) in [5.41, 5.74) is 2.56. The van der Waals surface area contributed by atoms with Gasteiger partial charge >= 0.3 is 0 Å². The molecule has 0 fully saturated rings. The summed E-state index contributed by atoms with van der Waals surface area (Å²) in [7, 11) is 0. The van der Waals surface area contributed by atoms with Gasteiger partial charge in [0, 0.05) is 0 Å². The molecule has 20 heavy (non-hydrogen) atoms. The standard InChI is InChI=1S/C14H9Cl2FN2S/c15-9-2-1-3-12-13(9)19(14(20)18-12)7-8-4-5-11(17)10(16)6-8/h1-6H,7H2,(H,18,20).